The van der Waals surface area contributed by atoms with Gasteiger partial charge in [0.2, 0.25) is 0 Å². The zero-order valence-electron chi connectivity index (χ0n) is 10.4. The Bertz CT molecular complexity index is 659. The number of benzene rings is 2. The first-order valence-corrected chi connectivity index (χ1v) is 5.61. The minimum Gasteiger partial charge on any atom is -0.497 e. The Kier molecular flexibility index (Phi) is 3.93. The van der Waals surface area contributed by atoms with Crippen LogP contribution < -0.4 is 10.1 Å². The van der Waals surface area contributed by atoms with Gasteiger partial charge in [0.1, 0.15) is 23.2 Å². The van der Waals surface area contributed by atoms with Gasteiger partial charge >= 0.3 is 0 Å². The molecule has 0 bridgehead atoms. The van der Waals surface area contributed by atoms with Crippen molar-refractivity contribution in [2.24, 2.45) is 0 Å². The van der Waals surface area contributed by atoms with E-state index in [1.165, 1.54) is 19.2 Å². The van der Waals surface area contributed by atoms with Crippen molar-refractivity contribution in [1.82, 2.24) is 0 Å². The molecular formula is C14H10F3NO2. The fraction of sp³-hybridized carbons (Fsp3) is 0.0714. The summed E-state index contributed by atoms with van der Waals surface area (Å²) in [6, 6.07) is 6.21. The molecule has 2 aromatic carbocycles. The lowest BCUT2D eigenvalue weighted by Gasteiger charge is -2.08. The van der Waals surface area contributed by atoms with Crippen molar-refractivity contribution in [1.29, 1.82) is 0 Å². The second kappa shape index (κ2) is 5.64. The van der Waals surface area contributed by atoms with Crippen molar-refractivity contribution >= 4 is 11.6 Å². The molecule has 2 rings (SSSR count). The maximum absolute atomic E-state index is 13.7. The summed E-state index contributed by atoms with van der Waals surface area (Å²) in [7, 11) is 1.36. The monoisotopic (exact) mass is 281 g/mol. The lowest BCUT2D eigenvalue weighted by molar-refractivity contribution is 0.102. The molecule has 104 valence electrons. The predicted molar refractivity (Wildman–Crippen MR) is 67.3 cm³/mol. The number of carbonyl (C=O) groups excluding carboxylic acids is 1. The summed E-state index contributed by atoms with van der Waals surface area (Å²) in [5.41, 5.74) is -0.653. The minimum atomic E-state index is -0.880. The first-order chi connectivity index (χ1) is 9.51. The fourth-order valence-electron chi connectivity index (χ4n) is 1.59. The lowest BCUT2D eigenvalue weighted by atomic mass is 10.2. The van der Waals surface area contributed by atoms with E-state index < -0.39 is 23.4 Å². The van der Waals surface area contributed by atoms with Gasteiger partial charge in [0.15, 0.2) is 0 Å². The standard InChI is InChI=1S/C14H10F3NO2/c1-20-9-3-4-10(12(17)7-9)14(19)18-13-6-8(15)2-5-11(13)16/h2-7H,1H3,(H,18,19). The molecule has 0 unspecified atom stereocenters. The van der Waals surface area contributed by atoms with Crippen LogP contribution in [0.25, 0.3) is 0 Å². The van der Waals surface area contributed by atoms with Crippen molar-refractivity contribution in [2.45, 2.75) is 0 Å². The summed E-state index contributed by atoms with van der Waals surface area (Å²) < 4.78 is 44.8. The van der Waals surface area contributed by atoms with Crippen molar-refractivity contribution in [3.05, 3.63) is 59.4 Å². The summed E-state index contributed by atoms with van der Waals surface area (Å²) in [6.07, 6.45) is 0. The van der Waals surface area contributed by atoms with Crippen LogP contribution in [0.5, 0.6) is 5.75 Å². The van der Waals surface area contributed by atoms with Crippen molar-refractivity contribution in [3.8, 4) is 5.75 Å². The van der Waals surface area contributed by atoms with Crippen LogP contribution in [0.1, 0.15) is 10.4 Å². The highest BCUT2D eigenvalue weighted by Crippen LogP contribution is 2.20. The van der Waals surface area contributed by atoms with Crippen LogP contribution in [-0.2, 0) is 0 Å². The van der Waals surface area contributed by atoms with E-state index in [1.54, 1.807) is 0 Å². The molecule has 6 heteroatoms. The Morgan fingerprint density at radius 1 is 1.05 bits per heavy atom. The van der Waals surface area contributed by atoms with E-state index >= 15 is 0 Å². The number of methoxy groups -OCH3 is 1. The Labute approximate surface area is 113 Å². The van der Waals surface area contributed by atoms with Gasteiger partial charge in [0, 0.05) is 12.1 Å². The zero-order valence-corrected chi connectivity index (χ0v) is 10.4. The van der Waals surface area contributed by atoms with E-state index in [2.05, 4.69) is 5.32 Å². The molecule has 1 amide bonds. The van der Waals surface area contributed by atoms with Gasteiger partial charge in [0.25, 0.3) is 5.91 Å². The third kappa shape index (κ3) is 2.90. The highest BCUT2D eigenvalue weighted by Gasteiger charge is 2.15. The Morgan fingerprint density at radius 2 is 1.80 bits per heavy atom. The third-order valence-electron chi connectivity index (χ3n) is 2.60. The van der Waals surface area contributed by atoms with Gasteiger partial charge < -0.3 is 10.1 Å². The normalized spacial score (nSPS) is 10.2. The van der Waals surface area contributed by atoms with Crippen LogP contribution in [0.3, 0.4) is 0 Å². The van der Waals surface area contributed by atoms with E-state index in [0.717, 1.165) is 24.3 Å². The Morgan fingerprint density at radius 3 is 2.45 bits per heavy atom. The molecular weight excluding hydrogens is 271 g/mol. The number of hydrogen-bond donors (Lipinski definition) is 1. The molecule has 0 atom stereocenters. The average Bonchev–Trinajstić information content (AvgIpc) is 2.42. The van der Waals surface area contributed by atoms with Gasteiger partial charge in [-0.25, -0.2) is 13.2 Å². The Hall–Kier alpha value is -2.50. The molecule has 3 nitrogen and oxygen atoms in total. The zero-order chi connectivity index (χ0) is 14.7. The van der Waals surface area contributed by atoms with E-state index in [-0.39, 0.29) is 17.0 Å². The van der Waals surface area contributed by atoms with Gasteiger partial charge in [-0.05, 0) is 24.3 Å². The van der Waals surface area contributed by atoms with E-state index in [9.17, 15) is 18.0 Å². The maximum Gasteiger partial charge on any atom is 0.258 e. The van der Waals surface area contributed by atoms with Crippen molar-refractivity contribution < 1.29 is 22.7 Å². The van der Waals surface area contributed by atoms with Crippen LogP contribution in [0.15, 0.2) is 36.4 Å². The predicted octanol–water partition coefficient (Wildman–Crippen LogP) is 3.36. The number of anilines is 1. The molecule has 2 aromatic rings. The number of ether oxygens (including phenoxy) is 1. The largest absolute Gasteiger partial charge is 0.497 e. The molecule has 0 aliphatic rings. The molecule has 0 aliphatic heterocycles. The minimum absolute atomic E-state index is 0.246. The number of carbonyl (C=O) groups is 1. The summed E-state index contributed by atoms with van der Waals surface area (Å²) in [5.74, 6) is -2.98. The number of rotatable bonds is 3. The molecule has 20 heavy (non-hydrogen) atoms. The number of hydrogen-bond acceptors (Lipinski definition) is 2. The summed E-state index contributed by atoms with van der Waals surface area (Å²) in [5, 5.41) is 2.11. The van der Waals surface area contributed by atoms with Gasteiger partial charge in [0.05, 0.1) is 18.4 Å². The van der Waals surface area contributed by atoms with Crippen LogP contribution in [0.2, 0.25) is 0 Å². The second-order valence-electron chi connectivity index (χ2n) is 3.92. The number of amides is 1. The van der Waals surface area contributed by atoms with E-state index in [4.69, 9.17) is 4.74 Å². The smallest absolute Gasteiger partial charge is 0.258 e. The second-order valence-corrected chi connectivity index (χ2v) is 3.92. The molecule has 0 aromatic heterocycles. The average molecular weight is 281 g/mol. The van der Waals surface area contributed by atoms with Crippen LogP contribution in [0.4, 0.5) is 18.9 Å². The molecule has 0 heterocycles. The first kappa shape index (κ1) is 13.9. The fourth-order valence-corrected chi connectivity index (χ4v) is 1.59. The molecule has 1 N–H and O–H groups in total. The lowest BCUT2D eigenvalue weighted by Crippen LogP contribution is -2.15. The molecule has 0 aliphatic carbocycles. The van der Waals surface area contributed by atoms with Gasteiger partial charge in [-0.1, -0.05) is 0 Å². The van der Waals surface area contributed by atoms with Crippen LogP contribution in [-0.4, -0.2) is 13.0 Å². The van der Waals surface area contributed by atoms with Crippen molar-refractivity contribution in [3.63, 3.8) is 0 Å². The van der Waals surface area contributed by atoms with Crippen molar-refractivity contribution in [2.75, 3.05) is 12.4 Å². The summed E-state index contributed by atoms with van der Waals surface area (Å²) >= 11 is 0. The number of halogens is 3. The topological polar surface area (TPSA) is 38.3 Å². The SMILES string of the molecule is COc1ccc(C(=O)Nc2cc(F)ccc2F)c(F)c1. The molecule has 0 saturated carbocycles. The highest BCUT2D eigenvalue weighted by molar-refractivity contribution is 6.04. The summed E-state index contributed by atoms with van der Waals surface area (Å²) in [4.78, 5) is 11.8. The number of nitrogens with one attached hydrogen (secondary N) is 1. The highest BCUT2D eigenvalue weighted by atomic mass is 19.1. The molecule has 0 spiro atoms. The Balaban J connectivity index is 2.26. The quantitative estimate of drug-likeness (QED) is 0.936. The molecule has 0 radical (unpaired) electrons. The van der Waals surface area contributed by atoms with Gasteiger partial charge in [-0.2, -0.15) is 0 Å². The maximum atomic E-state index is 13.7. The van der Waals surface area contributed by atoms with Gasteiger partial charge in [-0.3, -0.25) is 4.79 Å². The van der Waals surface area contributed by atoms with E-state index in [1.807, 2.05) is 0 Å². The van der Waals surface area contributed by atoms with Crippen LogP contribution in [0, 0.1) is 17.5 Å². The van der Waals surface area contributed by atoms with Gasteiger partial charge in [-0.15, -0.1) is 0 Å². The third-order valence-corrected chi connectivity index (χ3v) is 2.60. The molecule has 0 saturated heterocycles. The summed E-state index contributed by atoms with van der Waals surface area (Å²) in [6.45, 7) is 0. The van der Waals surface area contributed by atoms with E-state index in [0.29, 0.717) is 0 Å². The van der Waals surface area contributed by atoms with Crippen LogP contribution >= 0.6 is 0 Å². The first-order valence-electron chi connectivity index (χ1n) is 5.61. The molecule has 0 fully saturated rings.